The van der Waals surface area contributed by atoms with Crippen molar-refractivity contribution in [3.05, 3.63) is 35.4 Å². The van der Waals surface area contributed by atoms with Crippen molar-refractivity contribution in [3.63, 3.8) is 0 Å². The molecule has 0 amide bonds. The number of esters is 2. The highest BCUT2D eigenvalue weighted by Crippen LogP contribution is 2.12. The number of ketones is 1. The Kier molecular flexibility index (Phi) is 7.15. The summed E-state index contributed by atoms with van der Waals surface area (Å²) in [6.45, 7) is 0. The van der Waals surface area contributed by atoms with E-state index in [1.807, 2.05) is 0 Å². The van der Waals surface area contributed by atoms with E-state index in [0.29, 0.717) is 5.78 Å². The molecule has 1 aliphatic rings. The predicted octanol–water partition coefficient (Wildman–Crippen LogP) is 2.78. The minimum atomic E-state index is -0.550. The van der Waals surface area contributed by atoms with Crippen LogP contribution in [0.4, 0.5) is 0 Å². The number of ether oxygens (including phenoxy) is 2. The Morgan fingerprint density at radius 3 is 1.57 bits per heavy atom. The maximum Gasteiger partial charge on any atom is 0.338 e. The molecule has 5 nitrogen and oxygen atoms in total. The highest BCUT2D eigenvalue weighted by Gasteiger charge is 2.16. The van der Waals surface area contributed by atoms with Gasteiger partial charge in [0.1, 0.15) is 5.78 Å². The van der Waals surface area contributed by atoms with Crippen molar-refractivity contribution in [2.75, 3.05) is 14.2 Å². The Bertz CT molecular complexity index is 464. The molecule has 0 saturated heterocycles. The summed E-state index contributed by atoms with van der Waals surface area (Å²) in [7, 11) is 2.52. The van der Waals surface area contributed by atoms with E-state index in [4.69, 9.17) is 0 Å². The van der Waals surface area contributed by atoms with Gasteiger partial charge in [-0.1, -0.05) is 18.6 Å². The molecule has 0 aromatic heterocycles. The monoisotopic (exact) mass is 292 g/mol. The van der Waals surface area contributed by atoms with E-state index >= 15 is 0 Å². The van der Waals surface area contributed by atoms with E-state index in [0.717, 1.165) is 25.7 Å². The number of hydrogen-bond donors (Lipinski definition) is 0. The summed E-state index contributed by atoms with van der Waals surface area (Å²) in [5.74, 6) is -0.636. The van der Waals surface area contributed by atoms with Gasteiger partial charge in [0.25, 0.3) is 0 Å². The first-order chi connectivity index (χ1) is 10.1. The van der Waals surface area contributed by atoms with E-state index < -0.39 is 11.9 Å². The van der Waals surface area contributed by atoms with Crippen LogP contribution in [0.25, 0.3) is 0 Å². The van der Waals surface area contributed by atoms with E-state index in [1.54, 1.807) is 12.1 Å². The Labute approximate surface area is 124 Å². The second kappa shape index (κ2) is 8.89. The Balaban J connectivity index is 0.000000262. The molecular formula is C16H20O5. The summed E-state index contributed by atoms with van der Waals surface area (Å²) >= 11 is 0. The average Bonchev–Trinajstić information content (AvgIpc) is 2.54. The van der Waals surface area contributed by atoms with E-state index in [2.05, 4.69) is 9.47 Å². The topological polar surface area (TPSA) is 69.7 Å². The van der Waals surface area contributed by atoms with Gasteiger partial charge in [-0.05, 0) is 25.0 Å². The maximum absolute atomic E-state index is 11.2. The smallest absolute Gasteiger partial charge is 0.338 e. The van der Waals surface area contributed by atoms with Crippen LogP contribution in [-0.4, -0.2) is 31.9 Å². The summed E-state index contributed by atoms with van der Waals surface area (Å²) in [5, 5.41) is 0. The summed E-state index contributed by atoms with van der Waals surface area (Å²) < 4.78 is 9.05. The molecule has 21 heavy (non-hydrogen) atoms. The molecule has 0 aliphatic heterocycles. The lowest BCUT2D eigenvalue weighted by atomic mass is 10.00. The molecule has 1 aromatic rings. The van der Waals surface area contributed by atoms with Crippen LogP contribution >= 0.6 is 0 Å². The molecule has 2 rings (SSSR count). The maximum atomic E-state index is 11.2. The molecule has 0 spiro atoms. The summed E-state index contributed by atoms with van der Waals surface area (Å²) in [6.07, 6.45) is 5.24. The summed E-state index contributed by atoms with van der Waals surface area (Å²) in [5.41, 5.74) is 0.420. The third-order valence-corrected chi connectivity index (χ3v) is 3.15. The number of carbonyl (C=O) groups is 3. The molecule has 0 atom stereocenters. The summed E-state index contributed by atoms with van der Waals surface area (Å²) in [6, 6.07) is 6.33. The molecular weight excluding hydrogens is 272 g/mol. The van der Waals surface area contributed by atoms with Gasteiger partial charge in [-0.15, -0.1) is 0 Å². The first-order valence-electron chi connectivity index (χ1n) is 6.87. The van der Waals surface area contributed by atoms with Gasteiger partial charge in [0, 0.05) is 12.8 Å². The second-order valence-corrected chi connectivity index (χ2v) is 4.63. The van der Waals surface area contributed by atoms with Crippen LogP contribution < -0.4 is 0 Å². The highest BCUT2D eigenvalue weighted by atomic mass is 16.5. The number of benzene rings is 1. The molecule has 1 aromatic carbocycles. The first-order valence-corrected chi connectivity index (χ1v) is 6.87. The molecule has 0 heterocycles. The zero-order valence-electron chi connectivity index (χ0n) is 12.4. The van der Waals surface area contributed by atoms with E-state index in [9.17, 15) is 14.4 Å². The molecule has 0 unspecified atom stereocenters. The molecule has 1 fully saturated rings. The first kappa shape index (κ1) is 16.9. The van der Waals surface area contributed by atoms with Crippen molar-refractivity contribution in [1.29, 1.82) is 0 Å². The number of hydrogen-bond acceptors (Lipinski definition) is 5. The molecule has 0 bridgehead atoms. The fraction of sp³-hybridized carbons (Fsp3) is 0.438. The molecule has 0 N–H and O–H groups in total. The van der Waals surface area contributed by atoms with Crippen molar-refractivity contribution in [2.24, 2.45) is 0 Å². The van der Waals surface area contributed by atoms with E-state index in [1.165, 1.54) is 32.8 Å². The van der Waals surface area contributed by atoms with Gasteiger partial charge in [-0.25, -0.2) is 9.59 Å². The van der Waals surface area contributed by atoms with Gasteiger partial charge in [0.15, 0.2) is 0 Å². The third kappa shape index (κ3) is 5.38. The zero-order chi connectivity index (χ0) is 15.7. The minimum Gasteiger partial charge on any atom is -0.465 e. The van der Waals surface area contributed by atoms with Crippen molar-refractivity contribution in [1.82, 2.24) is 0 Å². The molecule has 1 saturated carbocycles. The number of methoxy groups -OCH3 is 2. The zero-order valence-corrected chi connectivity index (χ0v) is 12.4. The van der Waals surface area contributed by atoms with Crippen molar-refractivity contribution < 1.29 is 23.9 Å². The number of carbonyl (C=O) groups excluding carboxylic acids is 3. The fourth-order valence-electron chi connectivity index (χ4n) is 2.01. The van der Waals surface area contributed by atoms with Crippen molar-refractivity contribution in [3.8, 4) is 0 Å². The van der Waals surface area contributed by atoms with Gasteiger partial charge in [0.05, 0.1) is 25.3 Å². The van der Waals surface area contributed by atoms with Crippen LogP contribution in [0.2, 0.25) is 0 Å². The lowest BCUT2D eigenvalue weighted by Gasteiger charge is -2.05. The molecule has 114 valence electrons. The normalized spacial score (nSPS) is 13.7. The number of rotatable bonds is 2. The van der Waals surface area contributed by atoms with Crippen molar-refractivity contribution in [2.45, 2.75) is 32.1 Å². The largest absolute Gasteiger partial charge is 0.465 e. The van der Waals surface area contributed by atoms with Crippen LogP contribution in [0.3, 0.4) is 0 Å². The SMILES string of the molecule is COC(=O)c1ccccc1C(=O)OC.O=C1CCCCC1. The fourth-order valence-corrected chi connectivity index (χ4v) is 2.01. The van der Waals surface area contributed by atoms with Gasteiger partial charge in [-0.3, -0.25) is 4.79 Å². The average molecular weight is 292 g/mol. The molecule has 1 aliphatic carbocycles. The lowest BCUT2D eigenvalue weighted by Crippen LogP contribution is -2.11. The quantitative estimate of drug-likeness (QED) is 0.784. The van der Waals surface area contributed by atoms with Gasteiger partial charge in [-0.2, -0.15) is 0 Å². The van der Waals surface area contributed by atoms with Crippen LogP contribution in [0.1, 0.15) is 52.8 Å². The van der Waals surface area contributed by atoms with Crippen LogP contribution in [0.15, 0.2) is 24.3 Å². The lowest BCUT2D eigenvalue weighted by molar-refractivity contribution is -0.120. The standard InChI is InChI=1S/C10H10O4.C6H10O/c1-13-9(11)7-5-3-4-6-8(7)10(12)14-2;7-6-4-2-1-3-5-6/h3-6H,1-2H3;1-5H2. The third-order valence-electron chi connectivity index (χ3n) is 3.15. The van der Waals surface area contributed by atoms with Crippen LogP contribution in [0.5, 0.6) is 0 Å². The van der Waals surface area contributed by atoms with Crippen molar-refractivity contribution >= 4 is 17.7 Å². The van der Waals surface area contributed by atoms with Crippen LogP contribution in [0, 0.1) is 0 Å². The van der Waals surface area contributed by atoms with Gasteiger partial charge in [0.2, 0.25) is 0 Å². The minimum absolute atomic E-state index is 0.210. The van der Waals surface area contributed by atoms with Gasteiger partial charge < -0.3 is 9.47 Å². The Morgan fingerprint density at radius 2 is 1.29 bits per heavy atom. The molecule has 0 radical (unpaired) electrons. The second-order valence-electron chi connectivity index (χ2n) is 4.63. The van der Waals surface area contributed by atoms with Crippen LogP contribution in [-0.2, 0) is 14.3 Å². The van der Waals surface area contributed by atoms with E-state index in [-0.39, 0.29) is 11.1 Å². The summed E-state index contributed by atoms with van der Waals surface area (Å²) in [4.78, 5) is 32.9. The highest BCUT2D eigenvalue weighted by molar-refractivity contribution is 6.03. The Morgan fingerprint density at radius 1 is 0.857 bits per heavy atom. The predicted molar refractivity (Wildman–Crippen MR) is 77.2 cm³/mol. The Hall–Kier alpha value is -2.17. The number of Topliss-reactive ketones (excluding diaryl/α,β-unsaturated/α-hetero) is 1. The van der Waals surface area contributed by atoms with Gasteiger partial charge >= 0.3 is 11.9 Å². The molecule has 5 heteroatoms.